The van der Waals surface area contributed by atoms with Crippen molar-refractivity contribution in [3.05, 3.63) is 126 Å². The predicted octanol–water partition coefficient (Wildman–Crippen LogP) is 5.29. The molecule has 8 rings (SSSR count). The first-order valence-corrected chi connectivity index (χ1v) is 25.3. The number of aryl methyl sites for hydroxylation is 1. The van der Waals surface area contributed by atoms with Crippen LogP contribution < -0.4 is 32.3 Å². The molecule has 0 saturated heterocycles. The molecule has 22 nitrogen and oxygen atoms in total. The SMILES string of the molecule is Cc1cccc(-c2[nH]c(CNc3cccc4c3CN(C(=O)OCc3ccc(NC(=O)[C@H](CCCNC(N)=O)NC(=O)[C@@H](NC(=O)CCCCCN5C(=O)C=CC5=O)C(C)C)cc3)CC4)nc2-c2ccc3ncnn3c2)n1. The number of unbranched alkanes of at least 4 members (excludes halogenated alkanes) is 2. The summed E-state index contributed by atoms with van der Waals surface area (Å²) in [5, 5.41) is 18.7. The van der Waals surface area contributed by atoms with Crippen LogP contribution in [0.25, 0.3) is 28.3 Å². The first-order valence-electron chi connectivity index (χ1n) is 25.3. The minimum Gasteiger partial charge on any atom is -0.445 e. The number of rotatable bonds is 23. The van der Waals surface area contributed by atoms with Crippen molar-refractivity contribution in [2.75, 3.05) is 30.3 Å². The topological polar surface area (TPSA) is 293 Å². The molecule has 6 aromatic rings. The molecule has 0 aliphatic carbocycles. The van der Waals surface area contributed by atoms with E-state index in [1.54, 1.807) is 47.5 Å². The van der Waals surface area contributed by atoms with Crippen LogP contribution in [0, 0.1) is 12.8 Å². The number of hydrogen-bond donors (Lipinski definition) is 7. The number of nitrogens with two attached hydrogens (primary N) is 1. The lowest BCUT2D eigenvalue weighted by Gasteiger charge is -2.30. The Bertz CT molecular complexity index is 3110. The second-order valence-electron chi connectivity index (χ2n) is 19.0. The Morgan fingerprint density at radius 3 is 2.42 bits per heavy atom. The zero-order chi connectivity index (χ0) is 53.7. The Morgan fingerprint density at radius 1 is 0.868 bits per heavy atom. The number of ether oxygens (including phenoxy) is 1. The number of carbonyl (C=O) groups excluding carboxylic acids is 7. The number of aromatic nitrogens is 6. The normalized spacial score (nSPS) is 13.8. The number of amides is 8. The highest BCUT2D eigenvalue weighted by atomic mass is 16.6. The van der Waals surface area contributed by atoms with E-state index in [2.05, 4.69) is 47.7 Å². The fraction of sp³-hybridized carbons (Fsp3) is 0.352. The van der Waals surface area contributed by atoms with Gasteiger partial charge in [0.1, 0.15) is 30.8 Å². The van der Waals surface area contributed by atoms with Crippen molar-refractivity contribution >= 4 is 58.7 Å². The molecule has 76 heavy (non-hydrogen) atoms. The molecular weight excluding hydrogens is 973 g/mol. The van der Waals surface area contributed by atoms with Gasteiger partial charge in [-0.3, -0.25) is 33.9 Å². The van der Waals surface area contributed by atoms with Crippen LogP contribution in [-0.2, 0) is 54.8 Å². The summed E-state index contributed by atoms with van der Waals surface area (Å²) in [6.45, 7) is 7.06. The molecule has 396 valence electrons. The van der Waals surface area contributed by atoms with E-state index in [1.165, 1.54) is 18.5 Å². The number of imidazole rings is 1. The van der Waals surface area contributed by atoms with Crippen molar-refractivity contribution in [3.63, 3.8) is 0 Å². The maximum atomic E-state index is 13.7. The third-order valence-electron chi connectivity index (χ3n) is 13.1. The molecule has 0 saturated carbocycles. The maximum absolute atomic E-state index is 13.7. The molecule has 2 aromatic carbocycles. The van der Waals surface area contributed by atoms with Gasteiger partial charge in [-0.05, 0) is 104 Å². The fourth-order valence-electron chi connectivity index (χ4n) is 8.98. The Labute approximate surface area is 438 Å². The molecule has 2 aliphatic heterocycles. The van der Waals surface area contributed by atoms with Crippen molar-refractivity contribution < 1.29 is 38.3 Å². The molecular formula is C54H62N14O8. The van der Waals surface area contributed by atoms with Gasteiger partial charge in [0.05, 0.1) is 30.2 Å². The number of anilines is 2. The van der Waals surface area contributed by atoms with Gasteiger partial charge in [-0.25, -0.2) is 24.1 Å². The Hall–Kier alpha value is -8.95. The number of H-pyrrole nitrogens is 1. The van der Waals surface area contributed by atoms with E-state index in [9.17, 15) is 33.6 Å². The number of nitrogens with zero attached hydrogens (tertiary/aromatic N) is 7. The predicted molar refractivity (Wildman–Crippen MR) is 282 cm³/mol. The maximum Gasteiger partial charge on any atom is 0.410 e. The molecule has 8 amide bonds. The summed E-state index contributed by atoms with van der Waals surface area (Å²) in [6, 6.07) is 19.8. The summed E-state index contributed by atoms with van der Waals surface area (Å²) < 4.78 is 7.50. The number of imide groups is 1. The van der Waals surface area contributed by atoms with E-state index in [1.807, 2.05) is 55.6 Å². The number of aromatic amines is 1. The highest BCUT2D eigenvalue weighted by Gasteiger charge is 2.30. The number of carbonyl (C=O) groups is 7. The first-order chi connectivity index (χ1) is 36.7. The van der Waals surface area contributed by atoms with Crippen molar-refractivity contribution in [2.45, 2.75) is 97.5 Å². The minimum atomic E-state index is -1.04. The summed E-state index contributed by atoms with van der Waals surface area (Å²) in [4.78, 5) is 109. The molecule has 4 aromatic heterocycles. The summed E-state index contributed by atoms with van der Waals surface area (Å²) >= 11 is 0. The lowest BCUT2D eigenvalue weighted by atomic mass is 9.98. The quantitative estimate of drug-likeness (QED) is 0.0317. The summed E-state index contributed by atoms with van der Waals surface area (Å²) in [5.74, 6) is -1.78. The van der Waals surface area contributed by atoms with Gasteiger partial charge in [0.2, 0.25) is 17.7 Å². The lowest BCUT2D eigenvalue weighted by molar-refractivity contribution is -0.137. The number of urea groups is 1. The van der Waals surface area contributed by atoms with E-state index >= 15 is 0 Å². The molecule has 8 N–H and O–H groups in total. The van der Waals surface area contributed by atoms with Gasteiger partial charge < -0.3 is 46.9 Å². The third kappa shape index (κ3) is 13.8. The number of benzene rings is 2. The molecule has 0 spiro atoms. The van der Waals surface area contributed by atoms with Gasteiger partial charge in [-0.1, -0.05) is 50.6 Å². The number of hydrogen-bond acceptors (Lipinski definition) is 13. The van der Waals surface area contributed by atoms with Crippen LogP contribution >= 0.6 is 0 Å². The standard InChI is InChI=1S/C54H62N14O8/c1-33(2)48(65-45(69)15-5-4-6-26-67-46(70)22-23-47(67)71)52(73)62-42(14-9-25-56-53(55)74)51(72)61-38-19-16-35(17-20-38)31-76-54(75)66-27-24-36-11-8-12-40(39(36)30-66)57-28-43-63-49(37-18-21-44-58-32-59-68(44)29-37)50(64-43)41-13-7-10-34(3)60-41/h7-8,10-13,16-23,29,32-33,42,48,57H,4-6,9,14-15,24-28,30-31H2,1-3H3,(H,61,72)(H,62,73)(H,63,64)(H,65,69)(H3,55,56,74)/t42-,48-/m0/s1. The van der Waals surface area contributed by atoms with Crippen molar-refractivity contribution in [2.24, 2.45) is 11.7 Å². The van der Waals surface area contributed by atoms with Gasteiger partial charge in [0.15, 0.2) is 5.65 Å². The second kappa shape index (κ2) is 24.9. The van der Waals surface area contributed by atoms with Gasteiger partial charge >= 0.3 is 12.1 Å². The first kappa shape index (κ1) is 53.3. The monoisotopic (exact) mass is 1030 g/mol. The molecule has 0 fully saturated rings. The molecule has 2 aliphatic rings. The van der Waals surface area contributed by atoms with Gasteiger partial charge in [0, 0.05) is 67.0 Å². The zero-order valence-corrected chi connectivity index (χ0v) is 42.6. The Balaban J connectivity index is 0.835. The van der Waals surface area contributed by atoms with Crippen molar-refractivity contribution in [3.8, 4) is 22.6 Å². The smallest absolute Gasteiger partial charge is 0.410 e. The third-order valence-corrected chi connectivity index (χ3v) is 13.1. The number of pyridine rings is 2. The van der Waals surface area contributed by atoms with Crippen LogP contribution in [0.1, 0.15) is 80.6 Å². The number of fused-ring (bicyclic) bond motifs is 2. The van der Waals surface area contributed by atoms with E-state index in [4.69, 9.17) is 20.4 Å². The van der Waals surface area contributed by atoms with Gasteiger partial charge in [-0.2, -0.15) is 5.10 Å². The highest BCUT2D eigenvalue weighted by molar-refractivity contribution is 6.12. The Morgan fingerprint density at radius 2 is 1.66 bits per heavy atom. The van der Waals surface area contributed by atoms with Crippen LogP contribution in [0.3, 0.4) is 0 Å². The van der Waals surface area contributed by atoms with Crippen LogP contribution in [-0.4, -0.2) is 113 Å². The van der Waals surface area contributed by atoms with Gasteiger partial charge in [-0.15, -0.1) is 0 Å². The lowest BCUT2D eigenvalue weighted by Crippen LogP contribution is -2.54. The molecule has 0 unspecified atom stereocenters. The van der Waals surface area contributed by atoms with E-state index in [0.717, 1.165) is 55.7 Å². The molecule has 0 radical (unpaired) electrons. The average molecular weight is 1040 g/mol. The summed E-state index contributed by atoms with van der Waals surface area (Å²) in [5.41, 5.74) is 14.0. The number of nitrogens with one attached hydrogen (secondary N) is 6. The largest absolute Gasteiger partial charge is 0.445 e. The van der Waals surface area contributed by atoms with Crippen molar-refractivity contribution in [1.82, 2.24) is 55.3 Å². The molecule has 2 atom stereocenters. The molecule has 22 heteroatoms. The molecule has 6 heterocycles. The Kier molecular flexibility index (Phi) is 17.4. The van der Waals surface area contributed by atoms with Crippen molar-refractivity contribution in [1.29, 1.82) is 0 Å². The van der Waals surface area contributed by atoms with E-state index in [-0.39, 0.29) is 56.2 Å². The van der Waals surface area contributed by atoms with Crippen LogP contribution in [0.15, 0.2) is 97.5 Å². The second-order valence-corrected chi connectivity index (χ2v) is 19.0. The van der Waals surface area contributed by atoms with Crippen LogP contribution in [0.4, 0.5) is 21.0 Å². The molecule has 0 bridgehead atoms. The average Bonchev–Trinajstić information content (AvgIpc) is 4.15. The summed E-state index contributed by atoms with van der Waals surface area (Å²) in [6.07, 6.45) is 8.18. The summed E-state index contributed by atoms with van der Waals surface area (Å²) in [7, 11) is 0. The minimum absolute atomic E-state index is 0.0225. The van der Waals surface area contributed by atoms with Gasteiger partial charge in [0.25, 0.3) is 11.8 Å². The van der Waals surface area contributed by atoms with E-state index < -0.39 is 36.0 Å². The highest BCUT2D eigenvalue weighted by Crippen LogP contribution is 2.31. The van der Waals surface area contributed by atoms with E-state index in [0.29, 0.717) is 68.8 Å². The fourth-order valence-corrected chi connectivity index (χ4v) is 8.98. The zero-order valence-electron chi connectivity index (χ0n) is 42.6. The van der Waals surface area contributed by atoms with Crippen LogP contribution in [0.2, 0.25) is 0 Å². The van der Waals surface area contributed by atoms with Crippen LogP contribution in [0.5, 0.6) is 0 Å². The number of primary amides is 1.